The Labute approximate surface area is 397 Å². The van der Waals surface area contributed by atoms with Gasteiger partial charge in [-0.3, -0.25) is 28.8 Å². The number of nitrogens with one attached hydrogen (secondary N) is 7. The fraction of sp³-hybridized carbons (Fsp3) is 0.408. The topological polar surface area (TPSA) is 321 Å². The van der Waals surface area contributed by atoms with Gasteiger partial charge in [0, 0.05) is 60.0 Å². The molecule has 6 amide bonds. The van der Waals surface area contributed by atoms with E-state index < -0.39 is 96.4 Å². The maximum Gasteiger partial charge on any atom is 0.326 e. The van der Waals surface area contributed by atoms with Crippen LogP contribution in [-0.4, -0.2) is 138 Å². The number of carboxylic acids is 1. The van der Waals surface area contributed by atoms with E-state index in [0.29, 0.717) is 23.1 Å². The molecule has 0 saturated carbocycles. The van der Waals surface area contributed by atoms with Crippen LogP contribution in [0.5, 0.6) is 5.75 Å². The molecule has 6 rings (SSSR count). The van der Waals surface area contributed by atoms with E-state index in [4.69, 9.17) is 5.73 Å². The highest BCUT2D eigenvalue weighted by molar-refractivity contribution is 5.98. The highest BCUT2D eigenvalue weighted by atomic mass is 16.4. The second-order valence-electron chi connectivity index (χ2n) is 17.9. The Balaban J connectivity index is 1.19. The van der Waals surface area contributed by atoms with E-state index in [1.807, 2.05) is 56.3 Å². The summed E-state index contributed by atoms with van der Waals surface area (Å²) in [6.07, 6.45) is 2.56. The number of benzene rings is 3. The molecule has 3 heterocycles. The molecular weight excluding hydrogens is 891 g/mol. The minimum Gasteiger partial charge on any atom is -0.508 e. The molecule has 20 heteroatoms. The van der Waals surface area contributed by atoms with Crippen molar-refractivity contribution in [2.24, 2.45) is 11.7 Å². The van der Waals surface area contributed by atoms with Gasteiger partial charge in [-0.25, -0.2) is 4.79 Å². The number of hydrogen-bond donors (Lipinski definition) is 12. The Morgan fingerprint density at radius 3 is 1.77 bits per heavy atom. The van der Waals surface area contributed by atoms with Crippen molar-refractivity contribution >= 4 is 63.2 Å². The summed E-state index contributed by atoms with van der Waals surface area (Å²) in [6.45, 7) is 4.20. The van der Waals surface area contributed by atoms with Crippen LogP contribution in [-0.2, 0) is 52.8 Å². The molecule has 13 N–H and O–H groups in total. The van der Waals surface area contributed by atoms with Gasteiger partial charge in [0.05, 0.1) is 12.7 Å². The molecule has 1 saturated heterocycles. The van der Waals surface area contributed by atoms with Crippen molar-refractivity contribution in [3.05, 3.63) is 102 Å². The van der Waals surface area contributed by atoms with Crippen LogP contribution < -0.4 is 32.3 Å². The lowest BCUT2D eigenvalue weighted by atomic mass is 9.99. The van der Waals surface area contributed by atoms with Crippen LogP contribution >= 0.6 is 0 Å². The van der Waals surface area contributed by atoms with E-state index in [9.17, 15) is 54.0 Å². The number of nitrogens with zero attached hydrogens (tertiary/aromatic N) is 1. The zero-order valence-electron chi connectivity index (χ0n) is 38.6. The fourth-order valence-electron chi connectivity index (χ4n) is 8.49. The summed E-state index contributed by atoms with van der Waals surface area (Å²) in [7, 11) is 0. The van der Waals surface area contributed by atoms with Gasteiger partial charge in [-0.2, -0.15) is 0 Å². The number of carboxylic acid groups (broad SMARTS) is 1. The van der Waals surface area contributed by atoms with Gasteiger partial charge < -0.3 is 67.6 Å². The number of rotatable bonds is 22. The number of aliphatic hydroxyl groups excluding tert-OH is 2. The number of aromatic nitrogens is 2. The standard InChI is InChI=1S/C49H61N9O11/c1-26(2)19-36(54-47(66)42(50)27(3)60)43(62)55-38(21-29-23-51-34-11-6-4-9-32(29)34)48(67)58-18-8-13-41(58)46(65)57-40(25-59)45(64)53-37(20-28-14-16-31(61)17-15-28)44(63)56-39(49(68)69)22-30-24-52-35-12-7-5-10-33(30)35/h4-7,9-12,14-17,23-24,26-27,36-42,51-52,59-61H,8,13,18-22,25,50H2,1-3H3,(H,53,64)(H,54,66)(H,55,62)(H,56,63)(H,57,65)(H,68,69)/t27-,36+,37+,38+,39+,40+,41+,42+/m1/s1. The van der Waals surface area contributed by atoms with Crippen molar-refractivity contribution in [3.63, 3.8) is 0 Å². The zero-order valence-corrected chi connectivity index (χ0v) is 38.6. The number of nitrogens with two attached hydrogens (primary N) is 1. The van der Waals surface area contributed by atoms with Crippen molar-refractivity contribution in [1.29, 1.82) is 0 Å². The number of carbonyl (C=O) groups is 7. The van der Waals surface area contributed by atoms with Crippen LogP contribution in [0.2, 0.25) is 0 Å². The smallest absolute Gasteiger partial charge is 0.326 e. The molecular formula is C49H61N9O11. The number of carbonyl (C=O) groups excluding carboxylic acids is 6. The third-order valence-corrected chi connectivity index (χ3v) is 12.3. The number of hydrogen-bond acceptors (Lipinski definition) is 11. The Morgan fingerprint density at radius 2 is 1.20 bits per heavy atom. The summed E-state index contributed by atoms with van der Waals surface area (Å²) < 4.78 is 0. The molecule has 0 bridgehead atoms. The van der Waals surface area contributed by atoms with Gasteiger partial charge in [0.1, 0.15) is 48.0 Å². The number of amides is 6. The lowest BCUT2D eigenvalue weighted by Crippen LogP contribution is -2.60. The number of aliphatic hydroxyl groups is 2. The maximum atomic E-state index is 14.7. The summed E-state index contributed by atoms with van der Waals surface area (Å²) in [4.78, 5) is 104. The van der Waals surface area contributed by atoms with Crippen molar-refractivity contribution < 1.29 is 54.0 Å². The third-order valence-electron chi connectivity index (χ3n) is 12.3. The van der Waals surface area contributed by atoms with Gasteiger partial charge in [-0.1, -0.05) is 62.4 Å². The lowest BCUT2D eigenvalue weighted by molar-refractivity contribution is -0.143. The van der Waals surface area contributed by atoms with Crippen molar-refractivity contribution in [1.82, 2.24) is 41.5 Å². The molecule has 8 atom stereocenters. The quantitative estimate of drug-likeness (QED) is 0.0455. The van der Waals surface area contributed by atoms with Gasteiger partial charge in [0.25, 0.3) is 0 Å². The van der Waals surface area contributed by atoms with Crippen LogP contribution in [0, 0.1) is 5.92 Å². The van der Waals surface area contributed by atoms with Gasteiger partial charge in [0.15, 0.2) is 0 Å². The van der Waals surface area contributed by atoms with E-state index in [0.717, 1.165) is 21.8 Å². The van der Waals surface area contributed by atoms with E-state index >= 15 is 0 Å². The van der Waals surface area contributed by atoms with Crippen molar-refractivity contribution in [2.45, 2.75) is 108 Å². The first-order valence-corrected chi connectivity index (χ1v) is 22.9. The average Bonchev–Trinajstić information content (AvgIpc) is 4.09. The largest absolute Gasteiger partial charge is 0.508 e. The summed E-state index contributed by atoms with van der Waals surface area (Å²) in [5, 5.41) is 55.0. The van der Waals surface area contributed by atoms with Gasteiger partial charge in [-0.15, -0.1) is 0 Å². The summed E-state index contributed by atoms with van der Waals surface area (Å²) in [5.74, 6) is -6.21. The minimum atomic E-state index is -1.64. The Bertz CT molecular complexity index is 2630. The van der Waals surface area contributed by atoms with Crippen LogP contribution in [0.25, 0.3) is 21.8 Å². The molecule has 69 heavy (non-hydrogen) atoms. The monoisotopic (exact) mass is 951 g/mol. The van der Waals surface area contributed by atoms with Gasteiger partial charge in [-0.05, 0) is 73.1 Å². The maximum absolute atomic E-state index is 14.7. The molecule has 3 aromatic carbocycles. The Hall–Kier alpha value is -7.29. The first kappa shape index (κ1) is 51.1. The predicted molar refractivity (Wildman–Crippen MR) is 254 cm³/mol. The number of aromatic amines is 2. The zero-order chi connectivity index (χ0) is 49.9. The molecule has 0 radical (unpaired) electrons. The van der Waals surface area contributed by atoms with Crippen LogP contribution in [0.4, 0.5) is 0 Å². The number of H-pyrrole nitrogens is 2. The highest BCUT2D eigenvalue weighted by Gasteiger charge is 2.40. The molecule has 368 valence electrons. The summed E-state index contributed by atoms with van der Waals surface area (Å²) in [5.41, 5.74) is 9.22. The molecule has 0 spiro atoms. The molecule has 2 aromatic heterocycles. The number of para-hydroxylation sites is 2. The first-order chi connectivity index (χ1) is 32.9. The van der Waals surface area contributed by atoms with Crippen LogP contribution in [0.1, 0.15) is 56.7 Å². The SMILES string of the molecule is CC(C)C[C@H](NC(=O)[C@@H](N)[C@@H](C)O)C(=O)N[C@@H](Cc1c[nH]c2ccccc12)C(=O)N1CCC[C@H]1C(=O)N[C@@H](CO)C(=O)N[C@@H](Cc1ccc(O)cc1)C(=O)N[C@@H](Cc1c[nH]c2ccccc12)C(=O)O. The average molecular weight is 952 g/mol. The number of likely N-dealkylation sites (tertiary alicyclic amines) is 1. The molecule has 20 nitrogen and oxygen atoms in total. The summed E-state index contributed by atoms with van der Waals surface area (Å²) >= 11 is 0. The van der Waals surface area contributed by atoms with Crippen LogP contribution in [0.15, 0.2) is 85.2 Å². The Kier molecular flexibility index (Phi) is 17.1. The normalized spacial score (nSPS) is 16.7. The number of phenolic OH excluding ortho intramolecular Hbond substituents is 1. The molecule has 1 aliphatic rings. The Morgan fingerprint density at radius 1 is 0.681 bits per heavy atom. The van der Waals surface area contributed by atoms with E-state index in [1.54, 1.807) is 18.5 Å². The molecule has 0 aliphatic carbocycles. The van der Waals surface area contributed by atoms with Crippen LogP contribution in [0.3, 0.4) is 0 Å². The predicted octanol–water partition coefficient (Wildman–Crippen LogP) is 0.629. The number of aliphatic carboxylic acids is 1. The number of fused-ring (bicyclic) bond motifs is 2. The second kappa shape index (κ2) is 23.1. The summed E-state index contributed by atoms with van der Waals surface area (Å²) in [6, 6.07) is 11.0. The van der Waals surface area contributed by atoms with E-state index in [1.165, 1.54) is 36.1 Å². The van der Waals surface area contributed by atoms with Crippen molar-refractivity contribution in [2.75, 3.05) is 13.2 Å². The fourth-order valence-corrected chi connectivity index (χ4v) is 8.49. The van der Waals surface area contributed by atoms with Gasteiger partial charge in [0.2, 0.25) is 35.4 Å². The van der Waals surface area contributed by atoms with E-state index in [-0.39, 0.29) is 50.3 Å². The number of phenols is 1. The number of aromatic hydroxyl groups is 1. The molecule has 0 unspecified atom stereocenters. The third kappa shape index (κ3) is 13.0. The second-order valence-corrected chi connectivity index (χ2v) is 17.9. The van der Waals surface area contributed by atoms with Gasteiger partial charge >= 0.3 is 5.97 Å². The lowest BCUT2D eigenvalue weighted by Gasteiger charge is -2.31. The molecule has 1 fully saturated rings. The minimum absolute atomic E-state index is 0.0222. The first-order valence-electron chi connectivity index (χ1n) is 22.9. The highest BCUT2D eigenvalue weighted by Crippen LogP contribution is 2.24. The van der Waals surface area contributed by atoms with Crippen molar-refractivity contribution in [3.8, 4) is 5.75 Å². The van der Waals surface area contributed by atoms with E-state index in [2.05, 4.69) is 36.6 Å². The molecule has 5 aromatic rings. The molecule has 1 aliphatic heterocycles.